The average molecular weight is 250 g/mol. The lowest BCUT2D eigenvalue weighted by Gasteiger charge is -2.30. The number of rotatable bonds is 5. The maximum Gasteiger partial charge on any atom is 0.141 e. The molecule has 1 saturated carbocycles. The van der Waals surface area contributed by atoms with E-state index in [1.165, 1.54) is 0 Å². The van der Waals surface area contributed by atoms with E-state index >= 15 is 0 Å². The summed E-state index contributed by atoms with van der Waals surface area (Å²) in [4.78, 5) is 17.9. The number of aryl methyl sites for hydroxylation is 1. The Kier molecular flexibility index (Phi) is 4.47. The fraction of sp³-hybridized carbons (Fsp3) is 0.769. The van der Waals surface area contributed by atoms with Gasteiger partial charge in [-0.1, -0.05) is 6.92 Å². The highest BCUT2D eigenvalue weighted by atomic mass is 16.1. The highest BCUT2D eigenvalue weighted by molar-refractivity contribution is 5.79. The van der Waals surface area contributed by atoms with Gasteiger partial charge in [0.25, 0.3) is 0 Å². The highest BCUT2D eigenvalue weighted by Gasteiger charge is 2.23. The van der Waals surface area contributed by atoms with E-state index in [1.54, 1.807) is 6.33 Å². The first kappa shape index (κ1) is 13.2. The van der Waals surface area contributed by atoms with Crippen LogP contribution in [0.4, 0.5) is 0 Å². The van der Waals surface area contributed by atoms with Crippen molar-refractivity contribution < 1.29 is 4.79 Å². The molecule has 0 atom stereocenters. The molecule has 0 radical (unpaired) electrons. The van der Waals surface area contributed by atoms with Crippen molar-refractivity contribution in [2.75, 3.05) is 7.05 Å². The van der Waals surface area contributed by atoms with Crippen molar-refractivity contribution in [3.8, 4) is 0 Å². The number of carbonyl (C=O) groups excluding carboxylic acids is 1. The topological polar surface area (TPSA) is 51.0 Å². The molecular formula is C13H22N4O. The molecule has 0 aliphatic heterocycles. The van der Waals surface area contributed by atoms with E-state index in [9.17, 15) is 4.79 Å². The van der Waals surface area contributed by atoms with E-state index in [4.69, 9.17) is 0 Å². The van der Waals surface area contributed by atoms with Crippen molar-refractivity contribution in [3.05, 3.63) is 12.2 Å². The number of Topliss-reactive ketones (excluding diaryl/α,β-unsaturated/α-hetero) is 1. The molecule has 0 unspecified atom stereocenters. The Morgan fingerprint density at radius 1 is 1.44 bits per heavy atom. The minimum atomic E-state index is 0.411. The number of hydrogen-bond donors (Lipinski definition) is 0. The number of hydrogen-bond acceptors (Lipinski definition) is 4. The Labute approximate surface area is 108 Å². The van der Waals surface area contributed by atoms with Crippen molar-refractivity contribution in [2.45, 2.75) is 58.2 Å². The fourth-order valence-electron chi connectivity index (χ4n) is 2.53. The number of nitrogens with zero attached hydrogens (tertiary/aromatic N) is 4. The second-order valence-electron chi connectivity index (χ2n) is 5.08. The zero-order valence-electron chi connectivity index (χ0n) is 11.3. The van der Waals surface area contributed by atoms with Gasteiger partial charge in [0.15, 0.2) is 0 Å². The van der Waals surface area contributed by atoms with Crippen LogP contribution in [0.2, 0.25) is 0 Å². The molecule has 1 fully saturated rings. The molecule has 2 rings (SSSR count). The van der Waals surface area contributed by atoms with Crippen molar-refractivity contribution in [1.29, 1.82) is 0 Å². The Morgan fingerprint density at radius 3 is 2.83 bits per heavy atom. The molecule has 0 amide bonds. The van der Waals surface area contributed by atoms with Gasteiger partial charge in [0.2, 0.25) is 0 Å². The molecule has 0 aromatic carbocycles. The van der Waals surface area contributed by atoms with Gasteiger partial charge in [-0.3, -0.25) is 9.69 Å². The molecule has 1 aromatic rings. The summed E-state index contributed by atoms with van der Waals surface area (Å²) in [7, 11) is 2.12. The number of carbonyl (C=O) groups is 1. The zero-order valence-corrected chi connectivity index (χ0v) is 11.3. The third-order valence-corrected chi connectivity index (χ3v) is 3.66. The van der Waals surface area contributed by atoms with Crippen LogP contribution in [0.15, 0.2) is 6.33 Å². The van der Waals surface area contributed by atoms with E-state index in [1.807, 2.05) is 4.68 Å². The second-order valence-corrected chi connectivity index (χ2v) is 5.08. The molecule has 1 aliphatic rings. The van der Waals surface area contributed by atoms with Crippen LogP contribution in [0, 0.1) is 0 Å². The van der Waals surface area contributed by atoms with Gasteiger partial charge in [0, 0.05) is 25.4 Å². The van der Waals surface area contributed by atoms with E-state index in [0.717, 1.165) is 51.0 Å². The summed E-state index contributed by atoms with van der Waals surface area (Å²) in [5.41, 5.74) is 0. The molecular weight excluding hydrogens is 228 g/mol. The Bertz CT molecular complexity index is 391. The minimum absolute atomic E-state index is 0.411. The van der Waals surface area contributed by atoms with Crippen molar-refractivity contribution in [2.24, 2.45) is 0 Å². The predicted octanol–water partition coefficient (Wildman–Crippen LogP) is 1.63. The van der Waals surface area contributed by atoms with Gasteiger partial charge in [0.1, 0.15) is 17.9 Å². The van der Waals surface area contributed by atoms with Crippen LogP contribution in [-0.4, -0.2) is 38.5 Å². The van der Waals surface area contributed by atoms with Gasteiger partial charge >= 0.3 is 0 Å². The average Bonchev–Trinajstić information content (AvgIpc) is 2.78. The van der Waals surface area contributed by atoms with Crippen molar-refractivity contribution in [3.63, 3.8) is 0 Å². The van der Waals surface area contributed by atoms with Crippen LogP contribution in [-0.2, 0) is 17.9 Å². The van der Waals surface area contributed by atoms with Gasteiger partial charge in [-0.2, -0.15) is 5.10 Å². The van der Waals surface area contributed by atoms with Crippen LogP contribution in [0.3, 0.4) is 0 Å². The minimum Gasteiger partial charge on any atom is -0.300 e. The summed E-state index contributed by atoms with van der Waals surface area (Å²) in [6.07, 6.45) is 6.13. The molecule has 5 heteroatoms. The maximum atomic E-state index is 11.2. The SMILES string of the molecule is CCCn1ncnc1CN(C)C1CCC(=O)CC1. The summed E-state index contributed by atoms with van der Waals surface area (Å²) in [5.74, 6) is 1.44. The second kappa shape index (κ2) is 6.09. The molecule has 100 valence electrons. The first-order valence-corrected chi connectivity index (χ1v) is 6.79. The molecule has 5 nitrogen and oxygen atoms in total. The third-order valence-electron chi connectivity index (χ3n) is 3.66. The van der Waals surface area contributed by atoms with Gasteiger partial charge in [0.05, 0.1) is 6.54 Å². The monoisotopic (exact) mass is 250 g/mol. The fourth-order valence-corrected chi connectivity index (χ4v) is 2.53. The summed E-state index contributed by atoms with van der Waals surface area (Å²) in [6, 6.07) is 0.509. The van der Waals surface area contributed by atoms with Crippen LogP contribution in [0.25, 0.3) is 0 Å². The lowest BCUT2D eigenvalue weighted by atomic mass is 9.93. The standard InChI is InChI=1S/C13H22N4O/c1-3-8-17-13(14-10-15-17)9-16(2)11-4-6-12(18)7-5-11/h10-11H,3-9H2,1-2H3. The Morgan fingerprint density at radius 2 is 2.17 bits per heavy atom. The van der Waals surface area contributed by atoms with Crippen LogP contribution >= 0.6 is 0 Å². The lowest BCUT2D eigenvalue weighted by molar-refractivity contribution is -0.121. The molecule has 0 spiro atoms. The molecule has 1 aromatic heterocycles. The Balaban J connectivity index is 1.91. The summed E-state index contributed by atoms with van der Waals surface area (Å²) < 4.78 is 1.98. The van der Waals surface area contributed by atoms with Crippen LogP contribution < -0.4 is 0 Å². The van der Waals surface area contributed by atoms with Gasteiger partial charge in [-0.25, -0.2) is 9.67 Å². The van der Waals surface area contributed by atoms with Gasteiger partial charge in [-0.05, 0) is 26.3 Å². The summed E-state index contributed by atoms with van der Waals surface area (Å²) >= 11 is 0. The van der Waals surface area contributed by atoms with E-state index < -0.39 is 0 Å². The third kappa shape index (κ3) is 3.16. The summed E-state index contributed by atoms with van der Waals surface area (Å²) in [5, 5.41) is 4.24. The largest absolute Gasteiger partial charge is 0.300 e. The van der Waals surface area contributed by atoms with Gasteiger partial charge in [-0.15, -0.1) is 0 Å². The van der Waals surface area contributed by atoms with Crippen LogP contribution in [0.1, 0.15) is 44.9 Å². The zero-order chi connectivity index (χ0) is 13.0. The Hall–Kier alpha value is -1.23. The van der Waals surface area contributed by atoms with Gasteiger partial charge < -0.3 is 0 Å². The van der Waals surface area contributed by atoms with E-state index in [2.05, 4.69) is 29.0 Å². The molecule has 1 aliphatic carbocycles. The smallest absolute Gasteiger partial charge is 0.141 e. The van der Waals surface area contributed by atoms with E-state index in [0.29, 0.717) is 11.8 Å². The predicted molar refractivity (Wildman–Crippen MR) is 69.0 cm³/mol. The number of ketones is 1. The molecule has 0 N–H and O–H groups in total. The highest BCUT2D eigenvalue weighted by Crippen LogP contribution is 2.20. The van der Waals surface area contributed by atoms with Crippen molar-refractivity contribution >= 4 is 5.78 Å². The van der Waals surface area contributed by atoms with E-state index in [-0.39, 0.29) is 0 Å². The maximum absolute atomic E-state index is 11.2. The number of aromatic nitrogens is 3. The molecule has 0 saturated heterocycles. The quantitative estimate of drug-likeness (QED) is 0.797. The summed E-state index contributed by atoms with van der Waals surface area (Å²) in [6.45, 7) is 3.88. The molecule has 18 heavy (non-hydrogen) atoms. The van der Waals surface area contributed by atoms with Crippen LogP contribution in [0.5, 0.6) is 0 Å². The molecule has 0 bridgehead atoms. The molecule has 1 heterocycles. The van der Waals surface area contributed by atoms with Crippen molar-refractivity contribution in [1.82, 2.24) is 19.7 Å². The first-order valence-electron chi connectivity index (χ1n) is 6.79. The normalized spacial score (nSPS) is 17.6. The lowest BCUT2D eigenvalue weighted by Crippen LogP contribution is -2.35. The first-order chi connectivity index (χ1) is 8.70.